The number of aromatic nitrogens is 1. The summed E-state index contributed by atoms with van der Waals surface area (Å²) in [5.74, 6) is 4.83. The Labute approximate surface area is 234 Å². The van der Waals surface area contributed by atoms with Gasteiger partial charge in [-0.15, -0.1) is 0 Å². The molecule has 6 nitrogen and oxygen atoms in total. The van der Waals surface area contributed by atoms with Gasteiger partial charge in [0.15, 0.2) is 5.75 Å². The predicted octanol–water partition coefficient (Wildman–Crippen LogP) is 5.79. The molecular formula is C31H32N3O3S2+. The van der Waals surface area contributed by atoms with Crippen molar-refractivity contribution in [2.75, 3.05) is 17.7 Å². The Morgan fingerprint density at radius 2 is 1.82 bits per heavy atom. The van der Waals surface area contributed by atoms with Gasteiger partial charge in [-0.05, 0) is 54.1 Å². The van der Waals surface area contributed by atoms with Gasteiger partial charge in [0.25, 0.3) is 10.9 Å². The van der Waals surface area contributed by atoms with Crippen molar-refractivity contribution >= 4 is 54.8 Å². The van der Waals surface area contributed by atoms with Gasteiger partial charge >= 0.3 is 0 Å². The van der Waals surface area contributed by atoms with Crippen molar-refractivity contribution in [2.45, 2.75) is 26.8 Å². The number of fused-ring (bicyclic) bond motifs is 2. The number of amides is 1. The van der Waals surface area contributed by atoms with Gasteiger partial charge in [0, 0.05) is 40.7 Å². The number of ether oxygens (including phenoxy) is 1. The average molecular weight is 559 g/mol. The highest BCUT2D eigenvalue weighted by molar-refractivity contribution is 7.98. The molecule has 0 aliphatic carbocycles. The normalized spacial score (nSPS) is 15.7. The number of nitrogens with zero attached hydrogens (tertiary/aromatic N) is 2. The summed E-state index contributed by atoms with van der Waals surface area (Å²) in [6.45, 7) is 5.03. The van der Waals surface area contributed by atoms with E-state index in [1.807, 2.05) is 53.1 Å². The second kappa shape index (κ2) is 11.1. The van der Waals surface area contributed by atoms with E-state index < -0.39 is 9.71 Å². The molecule has 1 aromatic heterocycles. The largest absolute Gasteiger partial charge is 0.439 e. The van der Waals surface area contributed by atoms with E-state index in [1.165, 1.54) is 11.8 Å². The van der Waals surface area contributed by atoms with E-state index in [4.69, 9.17) is 4.74 Å². The molecule has 5 rings (SSSR count). The van der Waals surface area contributed by atoms with Crippen LogP contribution in [0.15, 0.2) is 90.3 Å². The third-order valence-corrected chi connectivity index (χ3v) is 8.22. The van der Waals surface area contributed by atoms with Gasteiger partial charge in [0.2, 0.25) is 17.9 Å². The van der Waals surface area contributed by atoms with Gasteiger partial charge in [-0.3, -0.25) is 9.52 Å². The Kier molecular flexibility index (Phi) is 7.59. The first-order valence-electron chi connectivity index (χ1n) is 12.9. The zero-order chi connectivity index (χ0) is 27.6. The Morgan fingerprint density at radius 1 is 1.08 bits per heavy atom. The molecule has 0 saturated carbocycles. The highest BCUT2D eigenvalue weighted by Crippen LogP contribution is 2.42. The van der Waals surface area contributed by atoms with Crippen LogP contribution >= 0.6 is 11.3 Å². The SMILES string of the molecule is C=S(C)(=O)NC(=O)C[n+]1c(/C=C(/C=C2\Oc3ccc(-c4ccccc4)cc3N2CC)CC)sc2ccccc21. The zero-order valence-electron chi connectivity index (χ0n) is 22.3. The summed E-state index contributed by atoms with van der Waals surface area (Å²) in [6.07, 6.45) is 6.38. The van der Waals surface area contributed by atoms with Crippen LogP contribution in [0.4, 0.5) is 5.69 Å². The van der Waals surface area contributed by atoms with Crippen LogP contribution in [0.1, 0.15) is 25.3 Å². The van der Waals surface area contributed by atoms with Crippen LogP contribution in [0.5, 0.6) is 5.75 Å². The molecule has 4 aromatic rings. The number of carbonyl (C=O) groups is 1. The molecule has 39 heavy (non-hydrogen) atoms. The van der Waals surface area contributed by atoms with Crippen LogP contribution < -0.4 is 18.9 Å². The fraction of sp³-hybridized carbons (Fsp3) is 0.194. The number of hydrogen-bond acceptors (Lipinski definition) is 5. The van der Waals surface area contributed by atoms with Crippen molar-refractivity contribution < 1.29 is 18.3 Å². The quantitative estimate of drug-likeness (QED) is 0.220. The van der Waals surface area contributed by atoms with E-state index in [2.05, 4.69) is 65.8 Å². The van der Waals surface area contributed by atoms with Crippen molar-refractivity contribution in [2.24, 2.45) is 0 Å². The molecule has 0 fully saturated rings. The second-order valence-corrected chi connectivity index (χ2v) is 12.8. The third kappa shape index (κ3) is 5.92. The van der Waals surface area contributed by atoms with Crippen LogP contribution in [0, 0.1) is 0 Å². The van der Waals surface area contributed by atoms with Crippen LogP contribution in [-0.2, 0) is 21.0 Å². The number of nitrogens with one attached hydrogen (secondary N) is 1. The van der Waals surface area contributed by atoms with Crippen molar-refractivity contribution in [1.29, 1.82) is 0 Å². The van der Waals surface area contributed by atoms with E-state index in [1.54, 1.807) is 11.3 Å². The molecule has 0 radical (unpaired) electrons. The smallest absolute Gasteiger partial charge is 0.297 e. The molecule has 8 heteroatoms. The Bertz CT molecular complexity index is 1700. The van der Waals surface area contributed by atoms with E-state index >= 15 is 0 Å². The van der Waals surface area contributed by atoms with Crippen molar-refractivity contribution in [3.8, 4) is 16.9 Å². The summed E-state index contributed by atoms with van der Waals surface area (Å²) in [4.78, 5) is 14.9. The maximum Gasteiger partial charge on any atom is 0.297 e. The summed E-state index contributed by atoms with van der Waals surface area (Å²) in [6, 6.07) is 24.6. The lowest BCUT2D eigenvalue weighted by molar-refractivity contribution is -0.655. The topological polar surface area (TPSA) is 62.5 Å². The molecule has 0 saturated heterocycles. The van der Waals surface area contributed by atoms with Crippen molar-refractivity contribution in [1.82, 2.24) is 4.72 Å². The highest BCUT2D eigenvalue weighted by atomic mass is 32.2. The molecule has 3 aromatic carbocycles. The minimum Gasteiger partial charge on any atom is -0.439 e. The van der Waals surface area contributed by atoms with Gasteiger partial charge in [0.1, 0.15) is 4.70 Å². The standard InChI is InChI=1S/C31H31N3O3S2/c1-5-22(19-31-34(21-29(35)32-39(3,4)36)25-14-10-11-15-28(25)38-31)18-30-33(6-2)26-20-24(16-17-27(26)37-30)23-12-8-7-9-13-23/h7-20H,3,5-6,21H2,1-2,4H3/p+1. The molecule has 0 bridgehead atoms. The van der Waals surface area contributed by atoms with Gasteiger partial charge in [-0.1, -0.05) is 66.8 Å². The lowest BCUT2D eigenvalue weighted by atomic mass is 10.0. The summed E-state index contributed by atoms with van der Waals surface area (Å²) in [5, 5.41) is 0.927. The zero-order valence-corrected chi connectivity index (χ0v) is 24.0. The molecule has 1 aliphatic heterocycles. The molecular weight excluding hydrogens is 526 g/mol. The summed E-state index contributed by atoms with van der Waals surface area (Å²) >= 11 is 1.61. The second-order valence-electron chi connectivity index (χ2n) is 9.47. The maximum absolute atomic E-state index is 12.7. The van der Waals surface area contributed by atoms with Crippen LogP contribution in [-0.4, -0.2) is 28.8 Å². The average Bonchev–Trinajstić information content (AvgIpc) is 3.44. The van der Waals surface area contributed by atoms with Gasteiger partial charge in [-0.25, -0.2) is 4.21 Å². The van der Waals surface area contributed by atoms with E-state index in [9.17, 15) is 9.00 Å². The maximum atomic E-state index is 12.7. The minimum atomic E-state index is -2.65. The van der Waals surface area contributed by atoms with Crippen LogP contribution in [0.25, 0.3) is 27.4 Å². The number of rotatable bonds is 8. The summed E-state index contributed by atoms with van der Waals surface area (Å²) < 4.78 is 23.9. The fourth-order valence-corrected chi connectivity index (χ4v) is 6.33. The lowest BCUT2D eigenvalue weighted by Gasteiger charge is -2.16. The molecule has 0 spiro atoms. The van der Waals surface area contributed by atoms with Crippen molar-refractivity contribution in [3.05, 3.63) is 95.3 Å². The molecule has 1 unspecified atom stereocenters. The first kappa shape index (κ1) is 26.7. The van der Waals surface area contributed by atoms with Crippen molar-refractivity contribution in [3.63, 3.8) is 0 Å². The predicted molar refractivity (Wildman–Crippen MR) is 163 cm³/mol. The molecule has 200 valence electrons. The lowest BCUT2D eigenvalue weighted by Crippen LogP contribution is -2.45. The molecule has 1 aliphatic rings. The minimum absolute atomic E-state index is 0.0506. The van der Waals surface area contributed by atoms with E-state index in [0.29, 0.717) is 0 Å². The third-order valence-electron chi connectivity index (χ3n) is 6.45. The van der Waals surface area contributed by atoms with Gasteiger partial charge in [0.05, 0.1) is 5.69 Å². The van der Waals surface area contributed by atoms with Crippen LogP contribution in [0.3, 0.4) is 0 Å². The summed E-state index contributed by atoms with van der Waals surface area (Å²) in [7, 11) is -2.65. The number of hydrogen-bond donors (Lipinski definition) is 1. The van der Waals surface area contributed by atoms with Gasteiger partial charge in [-0.2, -0.15) is 4.57 Å². The number of allylic oxidation sites excluding steroid dienone is 2. The van der Waals surface area contributed by atoms with Gasteiger partial charge < -0.3 is 9.64 Å². The summed E-state index contributed by atoms with van der Waals surface area (Å²) in [5.41, 5.74) is 5.37. The first-order valence-corrected chi connectivity index (χ1v) is 15.8. The monoisotopic (exact) mass is 558 g/mol. The Balaban J connectivity index is 1.50. The van der Waals surface area contributed by atoms with E-state index in [-0.39, 0.29) is 12.5 Å². The number of carbonyl (C=O) groups excluding carboxylic acids is 1. The first-order chi connectivity index (χ1) is 18.8. The molecule has 1 amide bonds. The number of thiazole rings is 1. The highest BCUT2D eigenvalue weighted by Gasteiger charge is 2.27. The fourth-order valence-electron chi connectivity index (χ4n) is 4.65. The molecule has 1 atom stereocenters. The Hall–Kier alpha value is -3.88. The van der Waals surface area contributed by atoms with E-state index in [0.717, 1.165) is 56.6 Å². The molecule has 1 N–H and O–H groups in total. The number of anilines is 1. The number of benzene rings is 3. The molecule has 2 heterocycles. The number of para-hydroxylation sites is 1. The Morgan fingerprint density at radius 3 is 2.54 bits per heavy atom. The van der Waals surface area contributed by atoms with Crippen LogP contribution in [0.2, 0.25) is 0 Å².